The largest absolute Gasteiger partial charge is 0.293 e. The first-order valence-corrected chi connectivity index (χ1v) is 6.25. The van der Waals surface area contributed by atoms with Crippen molar-refractivity contribution in [2.24, 2.45) is 5.41 Å². The van der Waals surface area contributed by atoms with E-state index in [1.807, 2.05) is 27.0 Å². The van der Waals surface area contributed by atoms with Crippen LogP contribution in [0.15, 0.2) is 0 Å². The molecule has 0 radical (unpaired) electrons. The van der Waals surface area contributed by atoms with Crippen molar-refractivity contribution in [1.29, 1.82) is 0 Å². The third-order valence-electron chi connectivity index (χ3n) is 1.42. The molecule has 1 N–H and O–H groups in total. The maximum Gasteiger partial charge on any atom is 0.171 e. The highest BCUT2D eigenvalue weighted by molar-refractivity contribution is 7.99. The highest BCUT2D eigenvalue weighted by Crippen LogP contribution is 2.25. The summed E-state index contributed by atoms with van der Waals surface area (Å²) in [5.74, 6) is 0. The SMILES string of the molecule is CSC(C)NPC(=O)C(C)(C)C. The molecule has 0 aliphatic heterocycles. The highest BCUT2D eigenvalue weighted by atomic mass is 32.2. The molecule has 0 aromatic carbocycles. The molecule has 0 amide bonds. The average Bonchev–Trinajstić information content (AvgIpc) is 1.97. The lowest BCUT2D eigenvalue weighted by atomic mass is 10.00. The smallest absolute Gasteiger partial charge is 0.171 e. The van der Waals surface area contributed by atoms with E-state index in [1.165, 1.54) is 0 Å². The van der Waals surface area contributed by atoms with Gasteiger partial charge in [0.15, 0.2) is 5.52 Å². The van der Waals surface area contributed by atoms with Gasteiger partial charge in [0.25, 0.3) is 0 Å². The average molecular weight is 207 g/mol. The monoisotopic (exact) mass is 207 g/mol. The van der Waals surface area contributed by atoms with Gasteiger partial charge in [-0.25, -0.2) is 0 Å². The lowest BCUT2D eigenvalue weighted by molar-refractivity contribution is -0.117. The minimum absolute atomic E-state index is 0.205. The molecule has 0 aliphatic carbocycles. The molecule has 0 rings (SSSR count). The molecule has 4 heteroatoms. The Morgan fingerprint density at radius 2 is 2.00 bits per heavy atom. The number of nitrogens with one attached hydrogen (secondary N) is 1. The van der Waals surface area contributed by atoms with Crippen LogP contribution in [0.5, 0.6) is 0 Å². The third kappa shape index (κ3) is 5.13. The second-order valence-electron chi connectivity index (χ2n) is 3.73. The summed E-state index contributed by atoms with van der Waals surface area (Å²) in [6.07, 6.45) is 2.03. The summed E-state index contributed by atoms with van der Waals surface area (Å²) in [6, 6.07) is 0. The predicted octanol–water partition coefficient (Wildman–Crippen LogP) is 2.45. The minimum Gasteiger partial charge on any atom is -0.293 e. The molecule has 2 nitrogen and oxygen atoms in total. The van der Waals surface area contributed by atoms with Gasteiger partial charge in [-0.2, -0.15) is 0 Å². The van der Waals surface area contributed by atoms with Gasteiger partial charge in [-0.3, -0.25) is 9.88 Å². The zero-order valence-electron chi connectivity index (χ0n) is 8.39. The molecule has 2 unspecified atom stereocenters. The molecule has 0 heterocycles. The maximum atomic E-state index is 11.4. The van der Waals surface area contributed by atoms with E-state index in [0.717, 1.165) is 0 Å². The van der Waals surface area contributed by atoms with Gasteiger partial charge in [0.1, 0.15) is 0 Å². The van der Waals surface area contributed by atoms with Gasteiger partial charge in [-0.05, 0) is 13.2 Å². The predicted molar refractivity (Wildman–Crippen MR) is 58.9 cm³/mol. The van der Waals surface area contributed by atoms with Crippen molar-refractivity contribution in [3.63, 3.8) is 0 Å². The van der Waals surface area contributed by atoms with Crippen molar-refractivity contribution in [1.82, 2.24) is 5.09 Å². The van der Waals surface area contributed by atoms with E-state index in [2.05, 4.69) is 12.0 Å². The van der Waals surface area contributed by atoms with Crippen LogP contribution in [0.3, 0.4) is 0 Å². The van der Waals surface area contributed by atoms with Crippen molar-refractivity contribution >= 4 is 26.0 Å². The summed E-state index contributed by atoms with van der Waals surface area (Å²) >= 11 is 1.72. The van der Waals surface area contributed by atoms with Gasteiger partial charge >= 0.3 is 0 Å². The van der Waals surface area contributed by atoms with Crippen molar-refractivity contribution in [3.05, 3.63) is 0 Å². The van der Waals surface area contributed by atoms with E-state index < -0.39 is 0 Å². The van der Waals surface area contributed by atoms with E-state index in [1.54, 1.807) is 11.8 Å². The van der Waals surface area contributed by atoms with Crippen LogP contribution in [0.2, 0.25) is 0 Å². The second-order valence-corrected chi connectivity index (χ2v) is 5.90. The van der Waals surface area contributed by atoms with Crippen molar-refractivity contribution in [2.45, 2.75) is 33.1 Å². The van der Waals surface area contributed by atoms with E-state index in [-0.39, 0.29) is 14.1 Å². The van der Waals surface area contributed by atoms with Crippen LogP contribution in [0, 0.1) is 5.41 Å². The fourth-order valence-corrected chi connectivity index (χ4v) is 1.77. The van der Waals surface area contributed by atoms with Crippen molar-refractivity contribution in [2.75, 3.05) is 6.26 Å². The summed E-state index contributed by atoms with van der Waals surface area (Å²) < 4.78 is 0. The topological polar surface area (TPSA) is 29.1 Å². The standard InChI is InChI=1S/C8H18NOPS/c1-6(12-5)9-11-7(10)8(2,3)4/h6,9,11H,1-5H3. The van der Waals surface area contributed by atoms with E-state index in [0.29, 0.717) is 10.9 Å². The lowest BCUT2D eigenvalue weighted by Gasteiger charge is -2.18. The maximum absolute atomic E-state index is 11.4. The first-order valence-electron chi connectivity index (χ1n) is 3.96. The zero-order chi connectivity index (χ0) is 9.78. The highest BCUT2D eigenvalue weighted by Gasteiger charge is 2.20. The minimum atomic E-state index is -0.205. The summed E-state index contributed by atoms with van der Waals surface area (Å²) in [4.78, 5) is 11.4. The molecule has 0 saturated carbocycles. The van der Waals surface area contributed by atoms with Crippen molar-refractivity contribution < 1.29 is 4.79 Å². The summed E-state index contributed by atoms with van der Waals surface area (Å²) in [7, 11) is 0.235. The Morgan fingerprint density at radius 3 is 2.33 bits per heavy atom. The Morgan fingerprint density at radius 1 is 1.50 bits per heavy atom. The van der Waals surface area contributed by atoms with Crippen LogP contribution in [0.1, 0.15) is 27.7 Å². The molecule has 0 fully saturated rings. The van der Waals surface area contributed by atoms with Crippen LogP contribution >= 0.6 is 20.5 Å². The second kappa shape index (κ2) is 5.21. The Balaban J connectivity index is 3.73. The quantitative estimate of drug-likeness (QED) is 0.567. The van der Waals surface area contributed by atoms with Gasteiger partial charge in [0.2, 0.25) is 0 Å². The van der Waals surface area contributed by atoms with Crippen LogP contribution < -0.4 is 5.09 Å². The molecule has 0 bridgehead atoms. The van der Waals surface area contributed by atoms with Crippen molar-refractivity contribution in [3.8, 4) is 0 Å². The van der Waals surface area contributed by atoms with Crippen LogP contribution in [-0.2, 0) is 4.79 Å². The molecule has 0 spiro atoms. The van der Waals surface area contributed by atoms with Crippen LogP contribution in [0.4, 0.5) is 0 Å². The van der Waals surface area contributed by atoms with E-state index >= 15 is 0 Å². The molecule has 0 aromatic heterocycles. The number of thioether (sulfide) groups is 1. The number of rotatable bonds is 4. The zero-order valence-corrected chi connectivity index (χ0v) is 10.2. The van der Waals surface area contributed by atoms with E-state index in [9.17, 15) is 4.79 Å². The molecule has 12 heavy (non-hydrogen) atoms. The van der Waals surface area contributed by atoms with Gasteiger partial charge in [-0.15, -0.1) is 11.8 Å². The number of carbonyl (C=O) groups is 1. The van der Waals surface area contributed by atoms with Gasteiger partial charge in [0.05, 0.1) is 5.37 Å². The Bertz CT molecular complexity index is 156. The van der Waals surface area contributed by atoms with Crippen LogP contribution in [-0.4, -0.2) is 17.2 Å². The normalized spacial score (nSPS) is 15.4. The molecule has 0 saturated heterocycles. The first kappa shape index (κ1) is 12.4. The van der Waals surface area contributed by atoms with E-state index in [4.69, 9.17) is 0 Å². The van der Waals surface area contributed by atoms with Gasteiger partial charge in [-0.1, -0.05) is 20.8 Å². The summed E-state index contributed by atoms with van der Waals surface area (Å²) in [6.45, 7) is 7.92. The van der Waals surface area contributed by atoms with Crippen LogP contribution in [0.25, 0.3) is 0 Å². The fraction of sp³-hybridized carbons (Fsp3) is 0.875. The lowest BCUT2D eigenvalue weighted by Crippen LogP contribution is -2.22. The number of carbonyl (C=O) groups excluding carboxylic acids is 1. The molecule has 0 aliphatic rings. The van der Waals surface area contributed by atoms with Gasteiger partial charge in [0, 0.05) is 14.1 Å². The summed E-state index contributed by atoms with van der Waals surface area (Å²) in [5.41, 5.74) is 0.0900. The molecule has 72 valence electrons. The Hall–Kier alpha value is 0.410. The molecule has 0 aromatic rings. The fourth-order valence-electron chi connectivity index (χ4n) is 0.414. The Labute approximate surface area is 81.1 Å². The summed E-state index contributed by atoms with van der Waals surface area (Å²) in [5, 5.41) is 3.55. The Kier molecular flexibility index (Phi) is 5.38. The van der Waals surface area contributed by atoms with Gasteiger partial charge < -0.3 is 0 Å². The molecular formula is C8H18NOPS. The third-order valence-corrected chi connectivity index (χ3v) is 4.01. The molecular weight excluding hydrogens is 189 g/mol. The first-order chi connectivity index (χ1) is 5.38. The number of hydrogen-bond acceptors (Lipinski definition) is 3. The molecule has 2 atom stereocenters. The number of hydrogen-bond donors (Lipinski definition) is 1.